The van der Waals surface area contributed by atoms with Crippen LogP contribution in [0.15, 0.2) is 114 Å². The van der Waals surface area contributed by atoms with Gasteiger partial charge in [0.15, 0.2) is 0 Å². The Morgan fingerprint density at radius 3 is 2.21 bits per heavy atom. The molecular weight excluding hydrogens is 434 g/mol. The van der Waals surface area contributed by atoms with Crippen LogP contribution in [-0.2, 0) is 0 Å². The average Bonchev–Trinajstić information content (AvgIpc) is 3.43. The third-order valence-corrected chi connectivity index (χ3v) is 7.69. The molecule has 7 aromatic rings. The van der Waals surface area contributed by atoms with Crippen molar-refractivity contribution in [2.24, 2.45) is 0 Å². The molecule has 5 aromatic carbocycles. The van der Waals surface area contributed by atoms with Crippen molar-refractivity contribution in [2.45, 2.75) is 6.92 Å². The van der Waals surface area contributed by atoms with Crippen LogP contribution < -0.4 is 4.90 Å². The number of thiophene rings is 1. The smallest absolute Gasteiger partial charge is 0.135 e. The van der Waals surface area contributed by atoms with Gasteiger partial charge in [-0.05, 0) is 67.1 Å². The molecule has 0 unspecified atom stereocenters. The van der Waals surface area contributed by atoms with Gasteiger partial charge >= 0.3 is 0 Å². The second-order valence-electron chi connectivity index (χ2n) is 8.71. The highest BCUT2D eigenvalue weighted by atomic mass is 32.1. The van der Waals surface area contributed by atoms with Crippen LogP contribution in [0.3, 0.4) is 0 Å². The Kier molecular flexibility index (Phi) is 4.26. The number of para-hydroxylation sites is 2. The zero-order chi connectivity index (χ0) is 22.6. The predicted octanol–water partition coefficient (Wildman–Crippen LogP) is 9.73. The highest BCUT2D eigenvalue weighted by molar-refractivity contribution is 7.26. The molecule has 0 bridgehead atoms. The fraction of sp³-hybridized carbons (Fsp3) is 0.0323. The molecule has 0 aliphatic carbocycles. The van der Waals surface area contributed by atoms with Crippen LogP contribution in [0.1, 0.15) is 5.56 Å². The van der Waals surface area contributed by atoms with Crippen molar-refractivity contribution in [2.75, 3.05) is 4.90 Å². The zero-order valence-electron chi connectivity index (χ0n) is 18.7. The lowest BCUT2D eigenvalue weighted by Crippen LogP contribution is -2.10. The summed E-state index contributed by atoms with van der Waals surface area (Å²) in [6.45, 7) is 2.19. The number of anilines is 3. The molecule has 3 heteroatoms. The van der Waals surface area contributed by atoms with Crippen molar-refractivity contribution in [3.8, 4) is 0 Å². The van der Waals surface area contributed by atoms with Gasteiger partial charge in [-0.2, -0.15) is 0 Å². The van der Waals surface area contributed by atoms with E-state index in [-0.39, 0.29) is 0 Å². The van der Waals surface area contributed by atoms with E-state index in [0.717, 1.165) is 33.3 Å². The minimum absolute atomic E-state index is 0.911. The lowest BCUT2D eigenvalue weighted by Gasteiger charge is -2.26. The van der Waals surface area contributed by atoms with Crippen LogP contribution in [0.4, 0.5) is 17.1 Å². The Balaban J connectivity index is 1.55. The summed E-state index contributed by atoms with van der Waals surface area (Å²) >= 11 is 1.86. The van der Waals surface area contributed by atoms with Crippen molar-refractivity contribution in [1.29, 1.82) is 0 Å². The van der Waals surface area contributed by atoms with Gasteiger partial charge in [-0.15, -0.1) is 11.3 Å². The highest BCUT2D eigenvalue weighted by Gasteiger charge is 2.19. The quantitative estimate of drug-likeness (QED) is 0.264. The minimum atomic E-state index is 0.911. The molecule has 0 spiro atoms. The van der Waals surface area contributed by atoms with E-state index in [4.69, 9.17) is 4.42 Å². The molecule has 0 N–H and O–H groups in total. The molecule has 0 aliphatic rings. The molecule has 2 heterocycles. The summed E-state index contributed by atoms with van der Waals surface area (Å²) in [6, 6.07) is 38.7. The van der Waals surface area contributed by atoms with Gasteiger partial charge in [0.1, 0.15) is 11.2 Å². The minimum Gasteiger partial charge on any atom is -0.456 e. The number of aryl methyl sites for hydroxylation is 1. The summed E-state index contributed by atoms with van der Waals surface area (Å²) in [5.74, 6) is 0. The highest BCUT2D eigenvalue weighted by Crippen LogP contribution is 2.46. The molecule has 0 fully saturated rings. The Morgan fingerprint density at radius 2 is 1.32 bits per heavy atom. The van der Waals surface area contributed by atoms with Crippen molar-refractivity contribution >= 4 is 70.5 Å². The summed E-state index contributed by atoms with van der Waals surface area (Å²) in [5, 5.41) is 4.90. The molecule has 34 heavy (non-hydrogen) atoms. The topological polar surface area (TPSA) is 16.4 Å². The number of nitrogens with zero attached hydrogens (tertiary/aromatic N) is 1. The summed E-state index contributed by atoms with van der Waals surface area (Å²) < 4.78 is 8.72. The van der Waals surface area contributed by atoms with Crippen LogP contribution in [-0.4, -0.2) is 0 Å². The molecule has 0 saturated heterocycles. The maximum absolute atomic E-state index is 6.11. The number of hydrogen-bond acceptors (Lipinski definition) is 3. The van der Waals surface area contributed by atoms with Crippen molar-refractivity contribution in [3.05, 3.63) is 115 Å². The maximum atomic E-state index is 6.11. The molecular formula is C31H21NOS. The second-order valence-corrected chi connectivity index (χ2v) is 9.76. The molecule has 162 valence electrons. The third kappa shape index (κ3) is 2.94. The number of rotatable bonds is 3. The fourth-order valence-electron chi connectivity index (χ4n) is 4.97. The summed E-state index contributed by atoms with van der Waals surface area (Å²) in [6.07, 6.45) is 0. The van der Waals surface area contributed by atoms with Gasteiger partial charge in [-0.3, -0.25) is 0 Å². The van der Waals surface area contributed by atoms with Gasteiger partial charge in [0.2, 0.25) is 0 Å². The van der Waals surface area contributed by atoms with Crippen molar-refractivity contribution < 1.29 is 4.42 Å². The van der Waals surface area contributed by atoms with E-state index in [1.807, 2.05) is 23.5 Å². The first-order chi connectivity index (χ1) is 16.8. The summed E-state index contributed by atoms with van der Waals surface area (Å²) in [7, 11) is 0. The van der Waals surface area contributed by atoms with E-state index in [9.17, 15) is 0 Å². The van der Waals surface area contributed by atoms with Crippen LogP contribution >= 0.6 is 11.3 Å². The van der Waals surface area contributed by atoms with E-state index >= 15 is 0 Å². The van der Waals surface area contributed by atoms with Crippen molar-refractivity contribution in [3.63, 3.8) is 0 Å². The van der Waals surface area contributed by atoms with Gasteiger partial charge in [0.25, 0.3) is 0 Å². The first kappa shape index (κ1) is 19.4. The number of hydrogen-bond donors (Lipinski definition) is 0. The molecule has 0 atom stereocenters. The van der Waals surface area contributed by atoms with Crippen molar-refractivity contribution in [1.82, 2.24) is 0 Å². The third-order valence-electron chi connectivity index (χ3n) is 6.48. The van der Waals surface area contributed by atoms with Crippen LogP contribution in [0, 0.1) is 6.92 Å². The van der Waals surface area contributed by atoms with E-state index in [0.29, 0.717) is 0 Å². The van der Waals surface area contributed by atoms with Gasteiger partial charge in [-0.25, -0.2) is 0 Å². The van der Waals surface area contributed by atoms with Crippen LogP contribution in [0.5, 0.6) is 0 Å². The molecule has 7 rings (SSSR count). The van der Waals surface area contributed by atoms with Gasteiger partial charge < -0.3 is 9.32 Å². The first-order valence-electron chi connectivity index (χ1n) is 11.4. The SMILES string of the molecule is Cc1cc(N(c2ccccc2)c2ccc3oc4ccccc4c3c2)c2sc3ccccc3c2c1. The summed E-state index contributed by atoms with van der Waals surface area (Å²) in [5.41, 5.74) is 6.54. The zero-order valence-corrected chi connectivity index (χ0v) is 19.5. The summed E-state index contributed by atoms with van der Waals surface area (Å²) in [4.78, 5) is 2.38. The van der Waals surface area contributed by atoms with E-state index in [1.54, 1.807) is 0 Å². The average molecular weight is 456 g/mol. The van der Waals surface area contributed by atoms with Gasteiger partial charge in [-0.1, -0.05) is 54.6 Å². The Bertz CT molecular complexity index is 1830. The standard InChI is InChI=1S/C31H21NOS/c1-20-17-26-24-12-6-8-14-30(24)34-31(26)27(18-20)32(21-9-3-2-4-10-21)22-15-16-29-25(19-22)23-11-5-7-13-28(23)33-29/h2-19H,1H3. The van der Waals surface area contributed by atoms with E-state index in [2.05, 4.69) is 109 Å². The predicted molar refractivity (Wildman–Crippen MR) is 146 cm³/mol. The lowest BCUT2D eigenvalue weighted by molar-refractivity contribution is 0.669. The fourth-order valence-corrected chi connectivity index (χ4v) is 6.16. The molecule has 0 amide bonds. The number of furan rings is 1. The first-order valence-corrected chi connectivity index (χ1v) is 12.3. The largest absolute Gasteiger partial charge is 0.456 e. The number of fused-ring (bicyclic) bond motifs is 6. The molecule has 0 aliphatic heterocycles. The van der Waals surface area contributed by atoms with Crippen LogP contribution in [0.2, 0.25) is 0 Å². The van der Waals surface area contributed by atoms with E-state index < -0.39 is 0 Å². The Hall–Kier alpha value is -4.08. The van der Waals surface area contributed by atoms with Gasteiger partial charge in [0.05, 0.1) is 10.4 Å². The molecule has 0 radical (unpaired) electrons. The molecule has 2 aromatic heterocycles. The molecule has 2 nitrogen and oxygen atoms in total. The Morgan fingerprint density at radius 1 is 0.588 bits per heavy atom. The molecule has 0 saturated carbocycles. The second kappa shape index (κ2) is 7.47. The lowest BCUT2D eigenvalue weighted by atomic mass is 10.1. The van der Waals surface area contributed by atoms with Crippen LogP contribution in [0.25, 0.3) is 42.1 Å². The monoisotopic (exact) mass is 455 g/mol. The maximum Gasteiger partial charge on any atom is 0.135 e. The Labute approximate surface area is 201 Å². The normalized spacial score (nSPS) is 11.7. The van der Waals surface area contributed by atoms with Gasteiger partial charge in [0, 0.05) is 37.6 Å². The number of benzene rings is 5. The van der Waals surface area contributed by atoms with E-state index in [1.165, 1.54) is 31.4 Å².